The summed E-state index contributed by atoms with van der Waals surface area (Å²) in [5.41, 5.74) is 2.18. The van der Waals surface area contributed by atoms with Crippen LogP contribution in [0.25, 0.3) is 0 Å². The lowest BCUT2D eigenvalue weighted by atomic mass is 10.3. The average molecular weight is 289 g/mol. The Hall–Kier alpha value is -0.520. The smallest absolute Gasteiger partial charge is 0.247 e. The molecule has 0 bridgehead atoms. The van der Waals surface area contributed by atoms with E-state index in [0.717, 1.165) is 15.8 Å². The molecule has 0 aromatic heterocycles. The highest BCUT2D eigenvalue weighted by atomic mass is 79.9. The van der Waals surface area contributed by atoms with Gasteiger partial charge in [0.05, 0.1) is 5.25 Å². The molecule has 0 aliphatic rings. The van der Waals surface area contributed by atoms with Crippen LogP contribution in [-0.4, -0.2) is 11.2 Å². The van der Waals surface area contributed by atoms with Crippen LogP contribution in [0.3, 0.4) is 0 Å². The summed E-state index contributed by atoms with van der Waals surface area (Å²) in [6.07, 6.45) is 0.754. The van der Waals surface area contributed by atoms with Crippen molar-refractivity contribution in [2.75, 3.05) is 0 Å². The predicted molar refractivity (Wildman–Crippen MR) is 66.4 cm³/mol. The Balaban J connectivity index is 2.66. The molecule has 5 heteroatoms. The van der Waals surface area contributed by atoms with Crippen LogP contribution in [0.15, 0.2) is 33.6 Å². The molecule has 0 saturated heterocycles. The summed E-state index contributed by atoms with van der Waals surface area (Å²) in [5.74, 6) is 4.97. The third kappa shape index (κ3) is 3.85. The van der Waals surface area contributed by atoms with Crippen LogP contribution >= 0.6 is 27.7 Å². The second kappa shape index (κ2) is 6.15. The second-order valence-corrected chi connectivity index (χ2v) is 5.17. The maximum atomic E-state index is 11.3. The molecule has 1 atom stereocenters. The van der Waals surface area contributed by atoms with Crippen molar-refractivity contribution in [2.45, 2.75) is 23.5 Å². The highest BCUT2D eigenvalue weighted by molar-refractivity contribution is 9.10. The molecule has 1 rings (SSSR count). The van der Waals surface area contributed by atoms with Gasteiger partial charge in [0.2, 0.25) is 5.91 Å². The molecule has 0 fully saturated rings. The van der Waals surface area contributed by atoms with Crippen LogP contribution < -0.4 is 11.3 Å². The number of thioether (sulfide) groups is 1. The lowest BCUT2D eigenvalue weighted by Crippen LogP contribution is -2.37. The van der Waals surface area contributed by atoms with E-state index in [-0.39, 0.29) is 11.2 Å². The summed E-state index contributed by atoms with van der Waals surface area (Å²) < 4.78 is 1.03. The number of carbonyl (C=O) groups is 1. The van der Waals surface area contributed by atoms with Crippen LogP contribution in [0.1, 0.15) is 13.3 Å². The molecule has 82 valence electrons. The van der Waals surface area contributed by atoms with Gasteiger partial charge < -0.3 is 0 Å². The summed E-state index contributed by atoms with van der Waals surface area (Å²) in [4.78, 5) is 12.4. The zero-order valence-electron chi connectivity index (χ0n) is 8.37. The average Bonchev–Trinajstić information content (AvgIpc) is 2.27. The zero-order chi connectivity index (χ0) is 11.3. The van der Waals surface area contributed by atoms with Gasteiger partial charge in [-0.15, -0.1) is 11.8 Å². The van der Waals surface area contributed by atoms with Gasteiger partial charge in [-0.1, -0.05) is 22.9 Å². The fourth-order valence-corrected chi connectivity index (χ4v) is 2.32. The van der Waals surface area contributed by atoms with Crippen molar-refractivity contribution < 1.29 is 4.79 Å². The Morgan fingerprint density at radius 2 is 2.13 bits per heavy atom. The predicted octanol–water partition coefficient (Wildman–Crippen LogP) is 2.31. The first-order valence-corrected chi connectivity index (χ1v) is 6.27. The number of hydrogen-bond acceptors (Lipinski definition) is 3. The van der Waals surface area contributed by atoms with Gasteiger partial charge in [-0.2, -0.15) is 0 Å². The minimum atomic E-state index is -0.134. The van der Waals surface area contributed by atoms with E-state index in [1.54, 1.807) is 0 Å². The van der Waals surface area contributed by atoms with Crippen LogP contribution in [0.2, 0.25) is 0 Å². The minimum Gasteiger partial charge on any atom is -0.293 e. The lowest BCUT2D eigenvalue weighted by Gasteiger charge is -2.12. The number of amides is 1. The molecule has 1 aromatic rings. The molecule has 3 N–H and O–H groups in total. The quantitative estimate of drug-likeness (QED) is 0.387. The molecular formula is C10H13BrN2OS. The monoisotopic (exact) mass is 288 g/mol. The number of nitrogens with one attached hydrogen (secondary N) is 1. The first-order chi connectivity index (χ1) is 7.17. The molecule has 1 amide bonds. The Morgan fingerprint density at radius 3 is 2.60 bits per heavy atom. The summed E-state index contributed by atoms with van der Waals surface area (Å²) in [6, 6.07) is 7.85. The van der Waals surface area contributed by atoms with Gasteiger partial charge in [-0.3, -0.25) is 10.2 Å². The van der Waals surface area contributed by atoms with Crippen molar-refractivity contribution >= 4 is 33.6 Å². The first-order valence-electron chi connectivity index (χ1n) is 4.60. The van der Waals surface area contributed by atoms with Gasteiger partial charge in [0.25, 0.3) is 0 Å². The van der Waals surface area contributed by atoms with Crippen molar-refractivity contribution in [2.24, 2.45) is 5.84 Å². The molecule has 0 spiro atoms. The van der Waals surface area contributed by atoms with E-state index < -0.39 is 0 Å². The van der Waals surface area contributed by atoms with Crippen molar-refractivity contribution in [3.05, 3.63) is 28.7 Å². The van der Waals surface area contributed by atoms with E-state index in [2.05, 4.69) is 21.4 Å². The Bertz CT molecular complexity index is 329. The molecule has 1 unspecified atom stereocenters. The van der Waals surface area contributed by atoms with Gasteiger partial charge in [0.15, 0.2) is 0 Å². The van der Waals surface area contributed by atoms with E-state index in [1.165, 1.54) is 11.8 Å². The number of halogens is 1. The van der Waals surface area contributed by atoms with Crippen molar-refractivity contribution in [1.82, 2.24) is 5.43 Å². The fraction of sp³-hybridized carbons (Fsp3) is 0.300. The number of carbonyl (C=O) groups excluding carboxylic acids is 1. The number of nitrogens with two attached hydrogens (primary N) is 1. The van der Waals surface area contributed by atoms with Crippen LogP contribution in [-0.2, 0) is 4.79 Å². The van der Waals surface area contributed by atoms with Gasteiger partial charge in [-0.05, 0) is 30.7 Å². The zero-order valence-corrected chi connectivity index (χ0v) is 10.8. The van der Waals surface area contributed by atoms with Crippen LogP contribution in [0.5, 0.6) is 0 Å². The SMILES string of the molecule is CCC(Sc1ccc(Br)cc1)C(=O)NN. The van der Waals surface area contributed by atoms with Crippen LogP contribution in [0.4, 0.5) is 0 Å². The number of rotatable bonds is 4. The molecule has 0 saturated carbocycles. The van der Waals surface area contributed by atoms with E-state index in [4.69, 9.17) is 5.84 Å². The number of benzene rings is 1. The third-order valence-corrected chi connectivity index (χ3v) is 3.80. The molecule has 0 aliphatic carbocycles. The largest absolute Gasteiger partial charge is 0.293 e. The van der Waals surface area contributed by atoms with Crippen LogP contribution in [0, 0.1) is 0 Å². The fourth-order valence-electron chi connectivity index (χ4n) is 1.09. The van der Waals surface area contributed by atoms with Gasteiger partial charge in [0.1, 0.15) is 0 Å². The van der Waals surface area contributed by atoms with Crippen molar-refractivity contribution in [3.8, 4) is 0 Å². The number of hydrogen-bond donors (Lipinski definition) is 2. The second-order valence-electron chi connectivity index (χ2n) is 2.98. The normalized spacial score (nSPS) is 12.2. The summed E-state index contributed by atoms with van der Waals surface area (Å²) in [7, 11) is 0. The van der Waals surface area contributed by atoms with E-state index in [0.29, 0.717) is 0 Å². The van der Waals surface area contributed by atoms with Gasteiger partial charge in [0, 0.05) is 9.37 Å². The molecule has 1 aromatic carbocycles. The highest BCUT2D eigenvalue weighted by Gasteiger charge is 2.16. The minimum absolute atomic E-state index is 0.129. The first kappa shape index (κ1) is 12.5. The molecule has 0 radical (unpaired) electrons. The number of hydrazine groups is 1. The Kier molecular flexibility index (Phi) is 5.14. The summed E-state index contributed by atoms with van der Waals surface area (Å²) in [6.45, 7) is 1.96. The maximum absolute atomic E-state index is 11.3. The lowest BCUT2D eigenvalue weighted by molar-refractivity contribution is -0.120. The standard InChI is InChI=1S/C10H13BrN2OS/c1-2-9(10(14)13-12)15-8-5-3-7(11)4-6-8/h3-6,9H,2,12H2,1H3,(H,13,14). The Labute approximate surface area is 102 Å². The molecule has 15 heavy (non-hydrogen) atoms. The summed E-state index contributed by atoms with van der Waals surface area (Å²) in [5, 5.41) is -0.129. The van der Waals surface area contributed by atoms with Gasteiger partial charge in [-0.25, -0.2) is 5.84 Å². The van der Waals surface area contributed by atoms with E-state index in [1.807, 2.05) is 31.2 Å². The van der Waals surface area contributed by atoms with E-state index in [9.17, 15) is 4.79 Å². The third-order valence-electron chi connectivity index (χ3n) is 1.90. The molecular weight excluding hydrogens is 276 g/mol. The van der Waals surface area contributed by atoms with Gasteiger partial charge >= 0.3 is 0 Å². The van der Waals surface area contributed by atoms with Crippen molar-refractivity contribution in [1.29, 1.82) is 0 Å². The molecule has 0 heterocycles. The van der Waals surface area contributed by atoms with E-state index >= 15 is 0 Å². The summed E-state index contributed by atoms with van der Waals surface area (Å²) >= 11 is 4.88. The highest BCUT2D eigenvalue weighted by Crippen LogP contribution is 2.26. The Morgan fingerprint density at radius 1 is 1.53 bits per heavy atom. The van der Waals surface area contributed by atoms with Crippen molar-refractivity contribution in [3.63, 3.8) is 0 Å². The molecule has 0 aliphatic heterocycles. The maximum Gasteiger partial charge on any atom is 0.247 e. The molecule has 3 nitrogen and oxygen atoms in total. The topological polar surface area (TPSA) is 55.1 Å².